The third-order valence-electron chi connectivity index (χ3n) is 5.12. The standard InChI is InChI=1S/C18H30N2O/c1-13-7-6-10-20(15(13)3)12-17-11-16(14(2)19-4)8-9-18(17)21-5/h8-9,11,13-15,19H,6-7,10,12H2,1-5H3. The van der Waals surface area contributed by atoms with Crippen molar-refractivity contribution in [3.05, 3.63) is 29.3 Å². The van der Waals surface area contributed by atoms with Crippen LogP contribution in [0, 0.1) is 5.92 Å². The predicted molar refractivity (Wildman–Crippen MR) is 88.7 cm³/mol. The van der Waals surface area contributed by atoms with Crippen molar-refractivity contribution < 1.29 is 4.74 Å². The van der Waals surface area contributed by atoms with Crippen LogP contribution in [0.15, 0.2) is 18.2 Å². The first-order valence-electron chi connectivity index (χ1n) is 8.15. The van der Waals surface area contributed by atoms with E-state index in [2.05, 4.69) is 49.2 Å². The van der Waals surface area contributed by atoms with Crippen molar-refractivity contribution in [2.75, 3.05) is 20.7 Å². The Morgan fingerprint density at radius 2 is 2.14 bits per heavy atom. The van der Waals surface area contributed by atoms with Gasteiger partial charge in [-0.1, -0.05) is 13.0 Å². The van der Waals surface area contributed by atoms with Crippen LogP contribution in [0.5, 0.6) is 5.75 Å². The number of methoxy groups -OCH3 is 1. The smallest absolute Gasteiger partial charge is 0.123 e. The molecular weight excluding hydrogens is 260 g/mol. The highest BCUT2D eigenvalue weighted by Gasteiger charge is 2.25. The van der Waals surface area contributed by atoms with Crippen LogP contribution in [0.3, 0.4) is 0 Å². The molecule has 1 aliphatic rings. The molecule has 3 heteroatoms. The number of hydrogen-bond donors (Lipinski definition) is 1. The Hall–Kier alpha value is -1.06. The molecule has 0 saturated carbocycles. The molecule has 3 unspecified atom stereocenters. The fourth-order valence-corrected chi connectivity index (χ4v) is 3.22. The largest absolute Gasteiger partial charge is 0.496 e. The van der Waals surface area contributed by atoms with E-state index in [0.29, 0.717) is 12.1 Å². The number of likely N-dealkylation sites (tertiary alicyclic amines) is 1. The minimum absolute atomic E-state index is 0.368. The van der Waals surface area contributed by atoms with E-state index in [9.17, 15) is 0 Å². The molecular formula is C18H30N2O. The van der Waals surface area contributed by atoms with E-state index in [-0.39, 0.29) is 0 Å². The summed E-state index contributed by atoms with van der Waals surface area (Å²) in [7, 11) is 3.77. The van der Waals surface area contributed by atoms with Gasteiger partial charge < -0.3 is 10.1 Å². The maximum absolute atomic E-state index is 5.57. The number of rotatable bonds is 5. The van der Waals surface area contributed by atoms with E-state index in [1.54, 1.807) is 7.11 Å². The van der Waals surface area contributed by atoms with Gasteiger partial charge in [-0.05, 0) is 63.9 Å². The summed E-state index contributed by atoms with van der Waals surface area (Å²) in [6, 6.07) is 7.58. The van der Waals surface area contributed by atoms with Crippen LogP contribution in [-0.2, 0) is 6.54 Å². The summed E-state index contributed by atoms with van der Waals surface area (Å²) in [4.78, 5) is 2.60. The zero-order chi connectivity index (χ0) is 15.4. The van der Waals surface area contributed by atoms with Gasteiger partial charge in [-0.15, -0.1) is 0 Å². The van der Waals surface area contributed by atoms with Crippen LogP contribution < -0.4 is 10.1 Å². The minimum Gasteiger partial charge on any atom is -0.496 e. The molecule has 0 aliphatic carbocycles. The van der Waals surface area contributed by atoms with Gasteiger partial charge in [0.1, 0.15) is 5.75 Å². The molecule has 0 aromatic heterocycles. The molecule has 1 aromatic rings. The predicted octanol–water partition coefficient (Wildman–Crippen LogP) is 3.60. The average Bonchev–Trinajstić information content (AvgIpc) is 2.51. The Kier molecular flexibility index (Phi) is 5.65. The highest BCUT2D eigenvalue weighted by Crippen LogP contribution is 2.29. The first-order valence-corrected chi connectivity index (χ1v) is 8.15. The second-order valence-electron chi connectivity index (χ2n) is 6.41. The van der Waals surface area contributed by atoms with Crippen molar-refractivity contribution in [1.29, 1.82) is 0 Å². The first kappa shape index (κ1) is 16.3. The quantitative estimate of drug-likeness (QED) is 0.897. The third kappa shape index (κ3) is 3.78. The van der Waals surface area contributed by atoms with E-state index in [4.69, 9.17) is 4.74 Å². The van der Waals surface area contributed by atoms with Crippen molar-refractivity contribution in [2.24, 2.45) is 5.92 Å². The molecule has 2 rings (SSSR count). The van der Waals surface area contributed by atoms with E-state index in [1.165, 1.54) is 30.5 Å². The molecule has 3 atom stereocenters. The van der Waals surface area contributed by atoms with Gasteiger partial charge >= 0.3 is 0 Å². The highest BCUT2D eigenvalue weighted by atomic mass is 16.5. The van der Waals surface area contributed by atoms with Gasteiger partial charge in [-0.25, -0.2) is 0 Å². The summed E-state index contributed by atoms with van der Waals surface area (Å²) in [5.74, 6) is 1.79. The van der Waals surface area contributed by atoms with Gasteiger partial charge in [0.15, 0.2) is 0 Å². The fourth-order valence-electron chi connectivity index (χ4n) is 3.22. The number of ether oxygens (including phenoxy) is 1. The molecule has 1 heterocycles. The Balaban J connectivity index is 2.20. The summed E-state index contributed by atoms with van der Waals surface area (Å²) in [6.45, 7) is 9.10. The average molecular weight is 290 g/mol. The molecule has 118 valence electrons. The number of nitrogens with zero attached hydrogens (tertiary/aromatic N) is 1. The van der Waals surface area contributed by atoms with Crippen molar-refractivity contribution in [3.8, 4) is 5.75 Å². The van der Waals surface area contributed by atoms with E-state index in [0.717, 1.165) is 18.2 Å². The molecule has 3 nitrogen and oxygen atoms in total. The zero-order valence-electron chi connectivity index (χ0n) is 14.1. The van der Waals surface area contributed by atoms with Crippen molar-refractivity contribution in [1.82, 2.24) is 10.2 Å². The number of hydrogen-bond acceptors (Lipinski definition) is 3. The molecule has 0 spiro atoms. The van der Waals surface area contributed by atoms with Crippen LogP contribution in [0.4, 0.5) is 0 Å². The van der Waals surface area contributed by atoms with Crippen molar-refractivity contribution >= 4 is 0 Å². The number of benzene rings is 1. The molecule has 1 saturated heterocycles. The Morgan fingerprint density at radius 1 is 1.38 bits per heavy atom. The van der Waals surface area contributed by atoms with E-state index in [1.807, 2.05) is 7.05 Å². The highest BCUT2D eigenvalue weighted by molar-refractivity contribution is 5.38. The monoisotopic (exact) mass is 290 g/mol. The molecule has 1 N–H and O–H groups in total. The molecule has 0 amide bonds. The molecule has 1 aliphatic heterocycles. The maximum atomic E-state index is 5.57. The van der Waals surface area contributed by atoms with E-state index >= 15 is 0 Å². The molecule has 0 radical (unpaired) electrons. The van der Waals surface area contributed by atoms with Gasteiger partial charge in [-0.3, -0.25) is 4.90 Å². The molecule has 0 bridgehead atoms. The van der Waals surface area contributed by atoms with Crippen LogP contribution in [0.25, 0.3) is 0 Å². The summed E-state index contributed by atoms with van der Waals surface area (Å²) in [6.07, 6.45) is 2.66. The van der Waals surface area contributed by atoms with Crippen LogP contribution in [0.1, 0.15) is 50.8 Å². The summed E-state index contributed by atoms with van der Waals surface area (Å²) >= 11 is 0. The van der Waals surface area contributed by atoms with Gasteiger partial charge in [0.2, 0.25) is 0 Å². The molecule has 1 aromatic carbocycles. The minimum atomic E-state index is 0.368. The summed E-state index contributed by atoms with van der Waals surface area (Å²) in [5, 5.41) is 3.31. The van der Waals surface area contributed by atoms with Crippen LogP contribution in [0.2, 0.25) is 0 Å². The van der Waals surface area contributed by atoms with Gasteiger partial charge in [-0.2, -0.15) is 0 Å². The lowest BCUT2D eigenvalue weighted by Crippen LogP contribution is -2.41. The van der Waals surface area contributed by atoms with Gasteiger partial charge in [0, 0.05) is 24.2 Å². The number of nitrogens with one attached hydrogen (secondary N) is 1. The summed E-state index contributed by atoms with van der Waals surface area (Å²) in [5.41, 5.74) is 2.63. The maximum Gasteiger partial charge on any atom is 0.123 e. The van der Waals surface area contributed by atoms with Gasteiger partial charge in [0.05, 0.1) is 7.11 Å². The lowest BCUT2D eigenvalue weighted by Gasteiger charge is -2.38. The third-order valence-corrected chi connectivity index (χ3v) is 5.12. The second kappa shape index (κ2) is 7.28. The zero-order valence-corrected chi connectivity index (χ0v) is 14.1. The van der Waals surface area contributed by atoms with Gasteiger partial charge in [0.25, 0.3) is 0 Å². The lowest BCUT2D eigenvalue weighted by atomic mass is 9.91. The topological polar surface area (TPSA) is 24.5 Å². The SMILES string of the molecule is CNC(C)c1ccc(OC)c(CN2CCCC(C)C2C)c1. The molecule has 21 heavy (non-hydrogen) atoms. The first-order chi connectivity index (χ1) is 10.1. The Bertz CT molecular complexity index is 461. The van der Waals surface area contributed by atoms with Crippen LogP contribution in [-0.4, -0.2) is 31.6 Å². The van der Waals surface area contributed by atoms with E-state index < -0.39 is 0 Å². The Morgan fingerprint density at radius 3 is 2.81 bits per heavy atom. The second-order valence-corrected chi connectivity index (χ2v) is 6.41. The number of piperidine rings is 1. The van der Waals surface area contributed by atoms with Crippen LogP contribution >= 0.6 is 0 Å². The normalized spacial score (nSPS) is 24.8. The Labute approximate surface area is 129 Å². The fraction of sp³-hybridized carbons (Fsp3) is 0.667. The molecule has 1 fully saturated rings. The lowest BCUT2D eigenvalue weighted by molar-refractivity contribution is 0.105. The summed E-state index contributed by atoms with van der Waals surface area (Å²) < 4.78 is 5.57. The van der Waals surface area contributed by atoms with Crippen molar-refractivity contribution in [3.63, 3.8) is 0 Å². The van der Waals surface area contributed by atoms with Crippen molar-refractivity contribution in [2.45, 2.75) is 52.2 Å².